The Kier molecular flexibility index (Phi) is 6.24. The largest absolute Gasteiger partial charge is 0.416 e. The van der Waals surface area contributed by atoms with Crippen molar-refractivity contribution in [2.24, 2.45) is 0 Å². The number of benzene rings is 1. The van der Waals surface area contributed by atoms with Gasteiger partial charge in [0.05, 0.1) is 5.56 Å². The van der Waals surface area contributed by atoms with Crippen molar-refractivity contribution in [3.63, 3.8) is 0 Å². The van der Waals surface area contributed by atoms with Crippen LogP contribution in [0, 0.1) is 0 Å². The van der Waals surface area contributed by atoms with Gasteiger partial charge < -0.3 is 15.1 Å². The number of likely N-dealkylation sites (N-methyl/N-ethyl adjacent to an activating group) is 1. The number of carbonyl (C=O) groups is 3. The highest BCUT2D eigenvalue weighted by Crippen LogP contribution is 2.31. The summed E-state index contributed by atoms with van der Waals surface area (Å²) in [4.78, 5) is 39.3. The van der Waals surface area contributed by atoms with Gasteiger partial charge in [-0.25, -0.2) is 0 Å². The van der Waals surface area contributed by atoms with Crippen molar-refractivity contribution in [1.82, 2.24) is 15.1 Å². The first-order chi connectivity index (χ1) is 12.7. The first-order valence-corrected chi connectivity index (χ1v) is 8.34. The van der Waals surface area contributed by atoms with Crippen molar-refractivity contribution in [1.29, 1.82) is 0 Å². The average molecular weight is 383 g/mol. The molecule has 0 saturated carbocycles. The molecular weight excluding hydrogens is 363 g/mol. The van der Waals surface area contributed by atoms with E-state index in [9.17, 15) is 27.6 Å². The Bertz CT molecular complexity index is 732. The lowest BCUT2D eigenvalue weighted by molar-refractivity contribution is -0.146. The molecule has 3 amide bonds. The summed E-state index contributed by atoms with van der Waals surface area (Å²) in [6, 6.07) is 3.07. The van der Waals surface area contributed by atoms with Crippen molar-refractivity contribution in [2.45, 2.75) is 19.1 Å². The van der Waals surface area contributed by atoms with E-state index in [0.717, 1.165) is 18.2 Å². The number of nitrogens with one attached hydrogen (secondary N) is 1. The van der Waals surface area contributed by atoms with E-state index in [1.165, 1.54) is 21.9 Å². The summed E-state index contributed by atoms with van der Waals surface area (Å²) in [6.07, 6.45) is -3.40. The molecule has 0 radical (unpaired) electrons. The molecule has 1 unspecified atom stereocenters. The first kappa shape index (κ1) is 20.5. The van der Waals surface area contributed by atoms with Crippen LogP contribution in [0.25, 0.3) is 0 Å². The van der Waals surface area contributed by atoms with Gasteiger partial charge in [-0.1, -0.05) is 18.7 Å². The summed E-state index contributed by atoms with van der Waals surface area (Å²) in [5.74, 6) is -1.36. The van der Waals surface area contributed by atoms with Crippen LogP contribution in [-0.2, 0) is 20.6 Å². The van der Waals surface area contributed by atoms with Crippen LogP contribution >= 0.6 is 0 Å². The zero-order chi connectivity index (χ0) is 20.2. The zero-order valence-electron chi connectivity index (χ0n) is 14.8. The number of nitrogens with zero attached hydrogens (tertiary/aromatic N) is 2. The van der Waals surface area contributed by atoms with E-state index in [1.54, 1.807) is 6.92 Å². The molecule has 1 saturated heterocycles. The number of halogens is 3. The van der Waals surface area contributed by atoms with E-state index >= 15 is 0 Å². The fourth-order valence-corrected chi connectivity index (χ4v) is 2.85. The molecule has 1 aliphatic heterocycles. The molecule has 1 N–H and O–H groups in total. The van der Waals surface area contributed by atoms with E-state index in [1.807, 2.05) is 0 Å². The highest BCUT2D eigenvalue weighted by molar-refractivity contribution is 5.93. The lowest BCUT2D eigenvalue weighted by Crippen LogP contribution is -2.54. The van der Waals surface area contributed by atoms with Crippen LogP contribution in [0.5, 0.6) is 0 Å². The molecule has 0 bridgehead atoms. The van der Waals surface area contributed by atoms with Crippen LogP contribution in [0.2, 0.25) is 0 Å². The highest BCUT2D eigenvalue weighted by atomic mass is 19.4. The minimum atomic E-state index is -4.49. The molecule has 1 atom stereocenters. The molecule has 27 heavy (non-hydrogen) atoms. The number of amides is 3. The standard InChI is InChI=1S/C18H20F3N3O3/c1-3-14(25)23(4-2)11-15(26)24-10-9-22-17(27)16(24)12-5-7-13(8-6-12)18(19,20)21/h3,5-8,16H,1,4,9-11H2,2H3,(H,22,27). The SMILES string of the molecule is C=CC(=O)N(CC)CC(=O)N1CCNC(=O)C1c1ccc(C(F)(F)F)cc1. The van der Waals surface area contributed by atoms with E-state index in [0.29, 0.717) is 0 Å². The Labute approximate surface area is 154 Å². The molecule has 1 aromatic carbocycles. The summed E-state index contributed by atoms with van der Waals surface area (Å²) < 4.78 is 38.2. The third-order valence-electron chi connectivity index (χ3n) is 4.28. The van der Waals surface area contributed by atoms with Crippen LogP contribution in [0.15, 0.2) is 36.9 Å². The van der Waals surface area contributed by atoms with Gasteiger partial charge in [-0.15, -0.1) is 0 Å². The summed E-state index contributed by atoms with van der Waals surface area (Å²) in [5.41, 5.74) is -0.569. The Hall–Kier alpha value is -2.84. The van der Waals surface area contributed by atoms with E-state index < -0.39 is 35.5 Å². The molecule has 6 nitrogen and oxygen atoms in total. The molecule has 2 rings (SSSR count). The summed E-state index contributed by atoms with van der Waals surface area (Å²) >= 11 is 0. The number of carbonyl (C=O) groups excluding carboxylic acids is 3. The van der Waals surface area contributed by atoms with Crippen LogP contribution in [0.1, 0.15) is 24.1 Å². The van der Waals surface area contributed by atoms with Crippen LogP contribution < -0.4 is 5.32 Å². The van der Waals surface area contributed by atoms with Crippen molar-refractivity contribution < 1.29 is 27.6 Å². The topological polar surface area (TPSA) is 69.7 Å². The number of alkyl halides is 3. The maximum absolute atomic E-state index is 12.7. The zero-order valence-corrected chi connectivity index (χ0v) is 14.8. The monoisotopic (exact) mass is 383 g/mol. The van der Waals surface area contributed by atoms with Gasteiger partial charge in [-0.3, -0.25) is 14.4 Å². The van der Waals surface area contributed by atoms with Gasteiger partial charge in [0.15, 0.2) is 0 Å². The molecular formula is C18H20F3N3O3. The molecule has 9 heteroatoms. The third-order valence-corrected chi connectivity index (χ3v) is 4.28. The van der Waals surface area contributed by atoms with Crippen LogP contribution in [-0.4, -0.2) is 53.7 Å². The van der Waals surface area contributed by atoms with Gasteiger partial charge in [-0.05, 0) is 30.7 Å². The second-order valence-corrected chi connectivity index (χ2v) is 5.96. The van der Waals surface area contributed by atoms with Crippen LogP contribution in [0.3, 0.4) is 0 Å². The second kappa shape index (κ2) is 8.24. The number of piperazine rings is 1. The van der Waals surface area contributed by atoms with Gasteiger partial charge in [0, 0.05) is 19.6 Å². The smallest absolute Gasteiger partial charge is 0.352 e. The van der Waals surface area contributed by atoms with Crippen LogP contribution in [0.4, 0.5) is 13.2 Å². The maximum Gasteiger partial charge on any atom is 0.416 e. The Morgan fingerprint density at radius 1 is 1.33 bits per heavy atom. The predicted octanol–water partition coefficient (Wildman–Crippen LogP) is 1.74. The highest BCUT2D eigenvalue weighted by Gasteiger charge is 2.36. The van der Waals surface area contributed by atoms with E-state index in [-0.39, 0.29) is 31.7 Å². The Morgan fingerprint density at radius 3 is 2.48 bits per heavy atom. The van der Waals surface area contributed by atoms with Crippen molar-refractivity contribution in [2.75, 3.05) is 26.2 Å². The Balaban J connectivity index is 2.26. The van der Waals surface area contributed by atoms with Gasteiger partial charge in [-0.2, -0.15) is 13.2 Å². The normalized spacial score (nSPS) is 17.3. The van der Waals surface area contributed by atoms with Crippen molar-refractivity contribution >= 4 is 17.7 Å². The summed E-state index contributed by atoms with van der Waals surface area (Å²) in [6.45, 7) is 5.53. The molecule has 1 aliphatic rings. The number of hydrogen-bond acceptors (Lipinski definition) is 3. The van der Waals surface area contributed by atoms with Gasteiger partial charge in [0.1, 0.15) is 12.6 Å². The summed E-state index contributed by atoms with van der Waals surface area (Å²) in [5, 5.41) is 2.61. The maximum atomic E-state index is 12.7. The fourth-order valence-electron chi connectivity index (χ4n) is 2.85. The minimum Gasteiger partial charge on any atom is -0.352 e. The molecule has 0 spiro atoms. The molecule has 1 aromatic rings. The van der Waals surface area contributed by atoms with Gasteiger partial charge in [0.2, 0.25) is 17.7 Å². The lowest BCUT2D eigenvalue weighted by atomic mass is 10.0. The van der Waals surface area contributed by atoms with Gasteiger partial charge >= 0.3 is 6.18 Å². The molecule has 0 aliphatic carbocycles. The average Bonchev–Trinajstić information content (AvgIpc) is 2.64. The summed E-state index contributed by atoms with van der Waals surface area (Å²) in [7, 11) is 0. The van der Waals surface area contributed by atoms with Gasteiger partial charge in [0.25, 0.3) is 0 Å². The fraction of sp³-hybridized carbons (Fsp3) is 0.389. The Morgan fingerprint density at radius 2 is 1.96 bits per heavy atom. The molecule has 1 fully saturated rings. The third kappa shape index (κ3) is 4.66. The molecule has 146 valence electrons. The van der Waals surface area contributed by atoms with Crippen molar-refractivity contribution in [3.05, 3.63) is 48.0 Å². The first-order valence-electron chi connectivity index (χ1n) is 8.34. The quantitative estimate of drug-likeness (QED) is 0.788. The second-order valence-electron chi connectivity index (χ2n) is 5.96. The molecule has 1 heterocycles. The number of rotatable bonds is 5. The minimum absolute atomic E-state index is 0.191. The number of hydrogen-bond donors (Lipinski definition) is 1. The lowest BCUT2D eigenvalue weighted by Gasteiger charge is -2.36. The van der Waals surface area contributed by atoms with E-state index in [2.05, 4.69) is 11.9 Å². The van der Waals surface area contributed by atoms with E-state index in [4.69, 9.17) is 0 Å². The predicted molar refractivity (Wildman–Crippen MR) is 91.4 cm³/mol. The van der Waals surface area contributed by atoms with Crippen molar-refractivity contribution in [3.8, 4) is 0 Å². The molecule has 0 aromatic heterocycles.